The lowest BCUT2D eigenvalue weighted by molar-refractivity contribution is -0.121. The van der Waals surface area contributed by atoms with Crippen LogP contribution in [0.4, 0.5) is 4.79 Å². The topological polar surface area (TPSA) is 173 Å². The molecule has 2 aromatic carbocycles. The second kappa shape index (κ2) is 17.7. The van der Waals surface area contributed by atoms with Gasteiger partial charge in [0.15, 0.2) is 17.8 Å². The van der Waals surface area contributed by atoms with Gasteiger partial charge in [0.25, 0.3) is 0 Å². The first-order chi connectivity index (χ1) is 24.5. The Hall–Kier alpha value is -3.63. The zero-order chi connectivity index (χ0) is 36.5. The van der Waals surface area contributed by atoms with Crippen molar-refractivity contribution >= 4 is 22.0 Å². The molecule has 3 N–H and O–H groups in total. The molecule has 0 radical (unpaired) electrons. The average Bonchev–Trinajstić information content (AvgIpc) is 3.85. The summed E-state index contributed by atoms with van der Waals surface area (Å²) in [7, 11) is -4.14. The number of aliphatic hydroxyl groups excluding tert-OH is 1. The SMILES string of the molecule is CCCCNC(=O)CCCOc1ccc(C[C@@H]([C@H](O)CN(CC(C)C)S(=O)(=O)c2ccc3c(c2)OCO3)N(C(=O)O)[C@H]2CO[C@H]3OCC[C@H]32)cc1. The molecular formula is C36H51N3O11S. The second-order valence-corrected chi connectivity index (χ2v) is 15.6. The van der Waals surface area contributed by atoms with Gasteiger partial charge >= 0.3 is 6.09 Å². The fourth-order valence-corrected chi connectivity index (χ4v) is 8.39. The lowest BCUT2D eigenvalue weighted by Crippen LogP contribution is -2.57. The summed E-state index contributed by atoms with van der Waals surface area (Å²) in [5, 5.41) is 25.5. The van der Waals surface area contributed by atoms with Gasteiger partial charge in [-0.05, 0) is 61.4 Å². The van der Waals surface area contributed by atoms with Crippen LogP contribution in [0.5, 0.6) is 17.2 Å². The minimum atomic E-state index is -4.14. The number of carbonyl (C=O) groups excluding carboxylic acids is 1. The lowest BCUT2D eigenvalue weighted by Gasteiger charge is -2.39. The highest BCUT2D eigenvalue weighted by atomic mass is 32.2. The van der Waals surface area contributed by atoms with Gasteiger partial charge in [-0.1, -0.05) is 39.3 Å². The molecule has 0 saturated carbocycles. The molecule has 0 aromatic heterocycles. The maximum Gasteiger partial charge on any atom is 0.407 e. The van der Waals surface area contributed by atoms with Crippen LogP contribution in [0.2, 0.25) is 0 Å². The van der Waals surface area contributed by atoms with Gasteiger partial charge < -0.3 is 39.2 Å². The highest BCUT2D eigenvalue weighted by Crippen LogP contribution is 2.37. The Morgan fingerprint density at radius 1 is 1.04 bits per heavy atom. The number of hydrogen-bond acceptors (Lipinski definition) is 10. The van der Waals surface area contributed by atoms with Crippen molar-refractivity contribution in [1.29, 1.82) is 0 Å². The summed E-state index contributed by atoms with van der Waals surface area (Å²) in [5.41, 5.74) is 0.722. The number of carbonyl (C=O) groups is 2. The Morgan fingerprint density at radius 2 is 1.80 bits per heavy atom. The number of sulfonamides is 1. The number of amides is 2. The lowest BCUT2D eigenvalue weighted by atomic mass is 9.93. The van der Waals surface area contributed by atoms with Gasteiger partial charge in [-0.3, -0.25) is 9.69 Å². The molecule has 0 bridgehead atoms. The number of ether oxygens (including phenoxy) is 5. The molecule has 51 heavy (non-hydrogen) atoms. The van der Waals surface area contributed by atoms with E-state index in [1.807, 2.05) is 13.8 Å². The van der Waals surface area contributed by atoms with Gasteiger partial charge in [-0.15, -0.1) is 0 Å². The third kappa shape index (κ3) is 9.83. The third-order valence-corrected chi connectivity index (χ3v) is 11.2. The van der Waals surface area contributed by atoms with Crippen molar-refractivity contribution < 1.29 is 51.9 Å². The van der Waals surface area contributed by atoms with Gasteiger partial charge in [-0.2, -0.15) is 4.31 Å². The standard InChI is InChI=1S/C36H51N3O11S/c1-4-5-15-37-34(41)7-6-16-46-26-10-8-25(9-11-26)18-29(39(36(42)43)30-22-48-35-28(30)14-17-47-35)31(40)21-38(20-24(2)3)51(44,45)27-12-13-32-33(19-27)50-23-49-32/h8-13,19,24,28-31,35,40H,4-7,14-18,20-23H2,1-3H3,(H,37,41)(H,42,43)/t28-,29-,30-,31+,35+/m0/s1. The molecule has 2 saturated heterocycles. The summed E-state index contributed by atoms with van der Waals surface area (Å²) < 4.78 is 57.4. The first-order valence-electron chi connectivity index (χ1n) is 17.8. The summed E-state index contributed by atoms with van der Waals surface area (Å²) >= 11 is 0. The average molecular weight is 734 g/mol. The Labute approximate surface area is 300 Å². The number of aliphatic hydroxyl groups is 1. The van der Waals surface area contributed by atoms with E-state index >= 15 is 0 Å². The molecule has 0 spiro atoms. The van der Waals surface area contributed by atoms with Crippen molar-refractivity contribution in [1.82, 2.24) is 14.5 Å². The molecule has 15 heteroatoms. The molecule has 3 heterocycles. The summed E-state index contributed by atoms with van der Waals surface area (Å²) in [6.45, 7) is 7.09. The number of fused-ring (bicyclic) bond motifs is 2. The van der Waals surface area contributed by atoms with Gasteiger partial charge in [0.1, 0.15) is 5.75 Å². The van der Waals surface area contributed by atoms with E-state index in [1.54, 1.807) is 24.3 Å². The minimum Gasteiger partial charge on any atom is -0.494 e. The Kier molecular flexibility index (Phi) is 13.4. The van der Waals surface area contributed by atoms with Crippen LogP contribution < -0.4 is 19.5 Å². The van der Waals surface area contributed by atoms with E-state index in [1.165, 1.54) is 27.4 Å². The van der Waals surface area contributed by atoms with Crippen LogP contribution in [-0.4, -0.2) is 111 Å². The molecule has 0 aliphatic carbocycles. The first kappa shape index (κ1) is 38.6. The molecule has 0 unspecified atom stereocenters. The smallest absolute Gasteiger partial charge is 0.407 e. The summed E-state index contributed by atoms with van der Waals surface area (Å²) in [6, 6.07) is 9.87. The predicted molar refractivity (Wildman–Crippen MR) is 186 cm³/mol. The highest BCUT2D eigenvalue weighted by Gasteiger charge is 2.49. The van der Waals surface area contributed by atoms with Gasteiger partial charge in [0.2, 0.25) is 22.7 Å². The van der Waals surface area contributed by atoms with Crippen LogP contribution in [0.25, 0.3) is 0 Å². The summed E-state index contributed by atoms with van der Waals surface area (Å²) in [6.07, 6.45) is 0.388. The number of unbranched alkanes of at least 4 members (excludes halogenated alkanes) is 1. The number of rotatable bonds is 19. The fourth-order valence-electron chi connectivity index (χ4n) is 6.75. The van der Waals surface area contributed by atoms with Crippen LogP contribution in [0.3, 0.4) is 0 Å². The number of hydrogen-bond donors (Lipinski definition) is 3. The number of nitrogens with one attached hydrogen (secondary N) is 1. The summed E-state index contributed by atoms with van der Waals surface area (Å²) in [4.78, 5) is 26.2. The normalized spacial score (nSPS) is 20.7. The van der Waals surface area contributed by atoms with Gasteiger partial charge in [-0.25, -0.2) is 13.2 Å². The maximum atomic E-state index is 14.1. The van der Waals surface area contributed by atoms with Crippen molar-refractivity contribution in [3.8, 4) is 17.2 Å². The third-order valence-electron chi connectivity index (χ3n) is 9.37. The van der Waals surface area contributed by atoms with Crippen molar-refractivity contribution in [3.05, 3.63) is 48.0 Å². The number of nitrogens with zero attached hydrogens (tertiary/aromatic N) is 2. The van der Waals surface area contributed by atoms with Crippen LogP contribution in [-0.2, 0) is 30.7 Å². The Bertz CT molecular complexity index is 1570. The number of benzene rings is 2. The van der Waals surface area contributed by atoms with E-state index in [2.05, 4.69) is 12.2 Å². The molecular weight excluding hydrogens is 682 g/mol. The van der Waals surface area contributed by atoms with E-state index in [0.717, 1.165) is 18.4 Å². The largest absolute Gasteiger partial charge is 0.494 e. The van der Waals surface area contributed by atoms with Crippen molar-refractivity contribution in [2.45, 2.75) is 88.7 Å². The van der Waals surface area contributed by atoms with Crippen LogP contribution >= 0.6 is 0 Å². The van der Waals surface area contributed by atoms with Crippen LogP contribution in [0.1, 0.15) is 58.4 Å². The van der Waals surface area contributed by atoms with Crippen molar-refractivity contribution in [2.75, 3.05) is 46.2 Å². The van der Waals surface area contributed by atoms with E-state index in [4.69, 9.17) is 23.7 Å². The van der Waals surface area contributed by atoms with E-state index in [-0.39, 0.29) is 55.5 Å². The maximum absolute atomic E-state index is 14.1. The highest BCUT2D eigenvalue weighted by molar-refractivity contribution is 7.89. The first-order valence-corrected chi connectivity index (χ1v) is 19.2. The molecule has 282 valence electrons. The second-order valence-electron chi connectivity index (χ2n) is 13.7. The predicted octanol–water partition coefficient (Wildman–Crippen LogP) is 3.85. The molecule has 5 rings (SSSR count). The Morgan fingerprint density at radius 3 is 2.53 bits per heavy atom. The molecule has 2 amide bonds. The van der Waals surface area contributed by atoms with Crippen LogP contribution in [0.15, 0.2) is 47.4 Å². The zero-order valence-corrected chi connectivity index (χ0v) is 30.4. The summed E-state index contributed by atoms with van der Waals surface area (Å²) in [5.74, 6) is 1.02. The van der Waals surface area contributed by atoms with Crippen molar-refractivity contribution in [2.24, 2.45) is 11.8 Å². The molecule has 2 fully saturated rings. The Balaban J connectivity index is 1.34. The minimum absolute atomic E-state index is 0.00576. The van der Waals surface area contributed by atoms with Gasteiger partial charge in [0.05, 0.1) is 42.9 Å². The van der Waals surface area contributed by atoms with E-state index in [9.17, 15) is 28.2 Å². The van der Waals surface area contributed by atoms with Gasteiger partial charge in [0, 0.05) is 38.0 Å². The molecule has 2 aromatic rings. The quantitative estimate of drug-likeness (QED) is 0.179. The fraction of sp³-hybridized carbons (Fsp3) is 0.611. The molecule has 3 aliphatic heterocycles. The van der Waals surface area contributed by atoms with Crippen LogP contribution in [0, 0.1) is 11.8 Å². The van der Waals surface area contributed by atoms with E-state index in [0.29, 0.717) is 56.3 Å². The van der Waals surface area contributed by atoms with E-state index < -0.39 is 40.6 Å². The monoisotopic (exact) mass is 733 g/mol. The molecule has 5 atom stereocenters. The number of carboxylic acid groups (broad SMARTS) is 1. The molecule has 14 nitrogen and oxygen atoms in total. The van der Waals surface area contributed by atoms with Crippen molar-refractivity contribution in [3.63, 3.8) is 0 Å². The zero-order valence-electron chi connectivity index (χ0n) is 29.6. The molecule has 3 aliphatic rings.